The molecule has 2 aromatic rings. The molecule has 0 fully saturated rings. The Morgan fingerprint density at radius 1 is 1.04 bits per heavy atom. The molecule has 0 spiro atoms. The van der Waals surface area contributed by atoms with E-state index in [2.05, 4.69) is 10.6 Å². The third-order valence-electron chi connectivity index (χ3n) is 3.40. The van der Waals surface area contributed by atoms with Gasteiger partial charge in [-0.3, -0.25) is 4.79 Å². The van der Waals surface area contributed by atoms with Crippen molar-refractivity contribution in [2.75, 3.05) is 25.6 Å². The van der Waals surface area contributed by atoms with Crippen molar-refractivity contribution in [1.82, 2.24) is 5.32 Å². The number of amides is 1. The molecule has 0 saturated carbocycles. The zero-order valence-electron chi connectivity index (χ0n) is 14.7. The monoisotopic (exact) mass is 378 g/mol. The second kappa shape index (κ2) is 9.33. The molecule has 0 aliphatic rings. The number of nitrogens with one attached hydrogen (secondary N) is 2. The lowest BCUT2D eigenvalue weighted by Gasteiger charge is -2.09. The SMILES string of the molecule is COCCNCc1ccc(OS(=O)(=O)c2ccc(NC(C)=O)cc2)cc1. The molecule has 0 saturated heterocycles. The molecule has 2 aromatic carbocycles. The summed E-state index contributed by atoms with van der Waals surface area (Å²) in [6.45, 7) is 3.39. The van der Waals surface area contributed by atoms with Gasteiger partial charge in [-0.2, -0.15) is 8.42 Å². The van der Waals surface area contributed by atoms with Crippen molar-refractivity contribution < 1.29 is 22.1 Å². The molecule has 2 N–H and O–H groups in total. The summed E-state index contributed by atoms with van der Waals surface area (Å²) in [5, 5.41) is 5.78. The second-order valence-electron chi connectivity index (χ2n) is 5.56. The first kappa shape index (κ1) is 19.9. The molecule has 0 aliphatic carbocycles. The van der Waals surface area contributed by atoms with Gasteiger partial charge in [-0.05, 0) is 42.0 Å². The van der Waals surface area contributed by atoms with Gasteiger partial charge in [0.05, 0.1) is 6.61 Å². The molecule has 2 rings (SSSR count). The number of benzene rings is 2. The van der Waals surface area contributed by atoms with E-state index in [1.807, 2.05) is 0 Å². The van der Waals surface area contributed by atoms with Crippen molar-refractivity contribution in [2.24, 2.45) is 0 Å². The average Bonchev–Trinajstić information content (AvgIpc) is 2.60. The summed E-state index contributed by atoms with van der Waals surface area (Å²) in [6.07, 6.45) is 0. The minimum atomic E-state index is -3.94. The van der Waals surface area contributed by atoms with E-state index in [4.69, 9.17) is 8.92 Å². The van der Waals surface area contributed by atoms with E-state index in [9.17, 15) is 13.2 Å². The van der Waals surface area contributed by atoms with E-state index in [-0.39, 0.29) is 16.6 Å². The summed E-state index contributed by atoms with van der Waals surface area (Å²) < 4.78 is 34.8. The number of carbonyl (C=O) groups is 1. The van der Waals surface area contributed by atoms with Crippen LogP contribution >= 0.6 is 0 Å². The molecule has 0 aliphatic heterocycles. The predicted octanol–water partition coefficient (Wildman–Crippen LogP) is 2.15. The highest BCUT2D eigenvalue weighted by atomic mass is 32.2. The van der Waals surface area contributed by atoms with Gasteiger partial charge in [0.25, 0.3) is 0 Å². The number of rotatable bonds is 9. The Bertz CT molecular complexity index is 818. The Morgan fingerprint density at radius 3 is 2.27 bits per heavy atom. The minimum Gasteiger partial charge on any atom is -0.383 e. The van der Waals surface area contributed by atoms with Crippen LogP contribution in [0.3, 0.4) is 0 Å². The van der Waals surface area contributed by atoms with Crippen LogP contribution in [-0.2, 0) is 26.2 Å². The molecular weight excluding hydrogens is 356 g/mol. The molecule has 0 aromatic heterocycles. The maximum Gasteiger partial charge on any atom is 0.339 e. The Morgan fingerprint density at radius 2 is 1.69 bits per heavy atom. The molecule has 8 heteroatoms. The topological polar surface area (TPSA) is 93.7 Å². The van der Waals surface area contributed by atoms with Gasteiger partial charge in [0.15, 0.2) is 0 Å². The van der Waals surface area contributed by atoms with Crippen LogP contribution in [0.2, 0.25) is 0 Å². The highest BCUT2D eigenvalue weighted by Gasteiger charge is 2.16. The summed E-state index contributed by atoms with van der Waals surface area (Å²) in [5.74, 6) is 0.00485. The fourth-order valence-electron chi connectivity index (χ4n) is 2.15. The summed E-state index contributed by atoms with van der Waals surface area (Å²) in [4.78, 5) is 11.0. The summed E-state index contributed by atoms with van der Waals surface area (Å²) in [7, 11) is -2.30. The number of methoxy groups -OCH3 is 1. The molecule has 0 heterocycles. The summed E-state index contributed by atoms with van der Waals surface area (Å²) >= 11 is 0. The van der Waals surface area contributed by atoms with Gasteiger partial charge in [-0.25, -0.2) is 0 Å². The molecule has 140 valence electrons. The first-order valence-corrected chi connectivity index (χ1v) is 9.42. The maximum absolute atomic E-state index is 12.3. The maximum atomic E-state index is 12.3. The molecular formula is C18H22N2O5S. The molecule has 0 atom stereocenters. The van der Waals surface area contributed by atoms with Crippen molar-refractivity contribution in [3.63, 3.8) is 0 Å². The van der Waals surface area contributed by atoms with Crippen molar-refractivity contribution in [2.45, 2.75) is 18.4 Å². The molecule has 0 unspecified atom stereocenters. The molecule has 26 heavy (non-hydrogen) atoms. The fourth-order valence-corrected chi connectivity index (χ4v) is 3.08. The summed E-state index contributed by atoms with van der Waals surface area (Å²) in [6, 6.07) is 12.6. The van der Waals surface area contributed by atoms with Crippen LogP contribution in [0.25, 0.3) is 0 Å². The normalized spacial score (nSPS) is 11.2. The third-order valence-corrected chi connectivity index (χ3v) is 4.67. The van der Waals surface area contributed by atoms with E-state index in [0.717, 1.165) is 12.1 Å². The Labute approximate surface area is 153 Å². The quantitative estimate of drug-likeness (QED) is 0.513. The summed E-state index contributed by atoms with van der Waals surface area (Å²) in [5.41, 5.74) is 1.52. The van der Waals surface area contributed by atoms with Gasteiger partial charge in [-0.15, -0.1) is 0 Å². The van der Waals surface area contributed by atoms with E-state index in [1.54, 1.807) is 31.4 Å². The van der Waals surface area contributed by atoms with Crippen molar-refractivity contribution in [3.05, 3.63) is 54.1 Å². The molecule has 0 bridgehead atoms. The first-order valence-electron chi connectivity index (χ1n) is 8.01. The van der Waals surface area contributed by atoms with Gasteiger partial charge >= 0.3 is 10.1 Å². The zero-order valence-corrected chi connectivity index (χ0v) is 15.5. The Balaban J connectivity index is 1.98. The van der Waals surface area contributed by atoms with Crippen molar-refractivity contribution in [1.29, 1.82) is 0 Å². The highest BCUT2D eigenvalue weighted by Crippen LogP contribution is 2.20. The first-order chi connectivity index (χ1) is 12.4. The van der Waals surface area contributed by atoms with Gasteiger partial charge in [0.2, 0.25) is 5.91 Å². The smallest absolute Gasteiger partial charge is 0.339 e. The second-order valence-corrected chi connectivity index (χ2v) is 7.10. The van der Waals surface area contributed by atoms with Crippen LogP contribution in [0.4, 0.5) is 5.69 Å². The van der Waals surface area contributed by atoms with Gasteiger partial charge in [0.1, 0.15) is 10.6 Å². The molecule has 1 amide bonds. The van der Waals surface area contributed by atoms with E-state index in [0.29, 0.717) is 18.8 Å². The van der Waals surface area contributed by atoms with Crippen LogP contribution in [0.5, 0.6) is 5.75 Å². The number of ether oxygens (including phenoxy) is 1. The van der Waals surface area contributed by atoms with Gasteiger partial charge in [0, 0.05) is 32.8 Å². The Hall–Kier alpha value is -2.42. The number of anilines is 1. The fraction of sp³-hybridized carbons (Fsp3) is 0.278. The van der Waals surface area contributed by atoms with E-state index >= 15 is 0 Å². The van der Waals surface area contributed by atoms with Crippen LogP contribution in [0, 0.1) is 0 Å². The largest absolute Gasteiger partial charge is 0.383 e. The predicted molar refractivity (Wildman–Crippen MR) is 98.6 cm³/mol. The van der Waals surface area contributed by atoms with Crippen LogP contribution in [0.1, 0.15) is 12.5 Å². The van der Waals surface area contributed by atoms with Crippen LogP contribution < -0.4 is 14.8 Å². The van der Waals surface area contributed by atoms with Crippen LogP contribution in [-0.4, -0.2) is 34.6 Å². The Kier molecular flexibility index (Phi) is 7.14. The third kappa shape index (κ3) is 6.14. The van der Waals surface area contributed by atoms with E-state index < -0.39 is 10.1 Å². The van der Waals surface area contributed by atoms with Gasteiger partial charge < -0.3 is 19.6 Å². The lowest BCUT2D eigenvalue weighted by Crippen LogP contribution is -2.18. The van der Waals surface area contributed by atoms with Gasteiger partial charge in [-0.1, -0.05) is 12.1 Å². The number of carbonyl (C=O) groups excluding carboxylic acids is 1. The zero-order chi connectivity index (χ0) is 19.0. The lowest BCUT2D eigenvalue weighted by molar-refractivity contribution is -0.114. The highest BCUT2D eigenvalue weighted by molar-refractivity contribution is 7.87. The molecule has 0 radical (unpaired) electrons. The number of hydrogen-bond donors (Lipinski definition) is 2. The standard InChI is InChI=1S/C18H22N2O5S/c1-14(21)20-16-5-9-18(10-6-16)26(22,23)25-17-7-3-15(4-8-17)13-19-11-12-24-2/h3-10,19H,11-13H2,1-2H3,(H,20,21). The van der Waals surface area contributed by atoms with Crippen molar-refractivity contribution in [3.8, 4) is 5.75 Å². The average molecular weight is 378 g/mol. The minimum absolute atomic E-state index is 0.0110. The van der Waals surface area contributed by atoms with E-state index in [1.165, 1.54) is 31.2 Å². The lowest BCUT2D eigenvalue weighted by atomic mass is 10.2. The molecule has 7 nitrogen and oxygen atoms in total. The van der Waals surface area contributed by atoms with Crippen molar-refractivity contribution >= 4 is 21.7 Å². The van der Waals surface area contributed by atoms with Crippen LogP contribution in [0.15, 0.2) is 53.4 Å². The number of hydrogen-bond acceptors (Lipinski definition) is 6.